The number of rotatable bonds is 7. The third kappa shape index (κ3) is 3.82. The molecule has 3 rings (SSSR count). The number of nitrogens with zero attached hydrogens (tertiary/aromatic N) is 1. The Hall–Kier alpha value is -2.95. The normalized spacial score (nSPS) is 13.0. The number of para-hydroxylation sites is 1. The summed E-state index contributed by atoms with van der Waals surface area (Å²) in [4.78, 5) is 37.7. The summed E-state index contributed by atoms with van der Waals surface area (Å²) in [5.41, 5.74) is 1.87. The Labute approximate surface area is 152 Å². The quantitative estimate of drug-likeness (QED) is 0.330. The zero-order valence-corrected chi connectivity index (χ0v) is 14.7. The molecular formula is C21H21NO4. The fourth-order valence-electron chi connectivity index (χ4n) is 3.00. The van der Waals surface area contributed by atoms with Crippen LogP contribution in [0.15, 0.2) is 48.5 Å². The van der Waals surface area contributed by atoms with E-state index in [0.29, 0.717) is 42.7 Å². The van der Waals surface area contributed by atoms with Gasteiger partial charge in [-0.05, 0) is 43.5 Å². The van der Waals surface area contributed by atoms with Crippen LogP contribution in [0.3, 0.4) is 0 Å². The smallest absolute Gasteiger partial charge is 0.311 e. The first-order chi connectivity index (χ1) is 12.6. The van der Waals surface area contributed by atoms with Gasteiger partial charge in [-0.15, -0.1) is 0 Å². The minimum Gasteiger partial charge on any atom is -0.426 e. The van der Waals surface area contributed by atoms with Gasteiger partial charge in [-0.1, -0.05) is 36.8 Å². The number of ether oxygens (including phenoxy) is 1. The summed E-state index contributed by atoms with van der Waals surface area (Å²) in [5, 5.41) is 0. The Morgan fingerprint density at radius 3 is 2.15 bits per heavy atom. The number of benzene rings is 2. The zero-order chi connectivity index (χ0) is 18.5. The first kappa shape index (κ1) is 17.9. The number of carbonyl (C=O) groups excluding carboxylic acids is 3. The molecule has 2 aromatic carbocycles. The molecule has 5 heteroatoms. The monoisotopic (exact) mass is 351 g/mol. The molecule has 5 nitrogen and oxygen atoms in total. The average Bonchev–Trinajstić information content (AvgIpc) is 2.88. The van der Waals surface area contributed by atoms with Crippen LogP contribution in [0, 0.1) is 6.92 Å². The van der Waals surface area contributed by atoms with E-state index in [1.807, 2.05) is 25.1 Å². The van der Waals surface area contributed by atoms with Crippen LogP contribution < -0.4 is 4.74 Å². The molecule has 0 radical (unpaired) electrons. The maximum absolute atomic E-state index is 12.2. The molecule has 0 atom stereocenters. The molecule has 0 fully saturated rings. The van der Waals surface area contributed by atoms with E-state index in [9.17, 15) is 14.4 Å². The van der Waals surface area contributed by atoms with Crippen molar-refractivity contribution in [3.63, 3.8) is 0 Å². The Morgan fingerprint density at radius 1 is 0.885 bits per heavy atom. The zero-order valence-electron chi connectivity index (χ0n) is 14.7. The third-order valence-electron chi connectivity index (χ3n) is 4.46. The molecule has 0 aromatic heterocycles. The van der Waals surface area contributed by atoms with Crippen molar-refractivity contribution in [1.29, 1.82) is 0 Å². The Bertz CT molecular complexity index is 808. The van der Waals surface area contributed by atoms with Crippen molar-refractivity contribution in [2.24, 2.45) is 0 Å². The van der Waals surface area contributed by atoms with E-state index in [-0.39, 0.29) is 17.8 Å². The maximum Gasteiger partial charge on any atom is 0.311 e. The standard InChI is InChI=1S/C21H21NO4/c1-15-9-4-7-12-18(15)26-19(23)13-3-2-8-14-22-20(24)16-10-5-6-11-17(16)21(22)25/h4-7,9-12H,2-3,8,13-14H2,1H3. The van der Waals surface area contributed by atoms with Crippen molar-refractivity contribution in [2.75, 3.05) is 6.54 Å². The SMILES string of the molecule is Cc1ccccc1OC(=O)CCCCCN1C(=O)c2ccccc2C1=O. The van der Waals surface area contributed by atoms with Crippen molar-refractivity contribution in [1.82, 2.24) is 4.90 Å². The van der Waals surface area contributed by atoms with Gasteiger partial charge < -0.3 is 4.74 Å². The van der Waals surface area contributed by atoms with Crippen molar-refractivity contribution >= 4 is 17.8 Å². The molecule has 0 N–H and O–H groups in total. The van der Waals surface area contributed by atoms with Crippen molar-refractivity contribution < 1.29 is 19.1 Å². The second-order valence-electron chi connectivity index (χ2n) is 6.36. The molecule has 0 spiro atoms. The molecule has 0 bridgehead atoms. The minimum atomic E-state index is -0.264. The highest BCUT2D eigenvalue weighted by Gasteiger charge is 2.34. The van der Waals surface area contributed by atoms with Gasteiger partial charge in [0, 0.05) is 13.0 Å². The number of imide groups is 1. The topological polar surface area (TPSA) is 63.7 Å². The van der Waals surface area contributed by atoms with Crippen LogP contribution in [0.4, 0.5) is 0 Å². The first-order valence-electron chi connectivity index (χ1n) is 8.79. The molecular weight excluding hydrogens is 330 g/mol. The summed E-state index contributed by atoms with van der Waals surface area (Å²) in [6.07, 6.45) is 2.39. The fourth-order valence-corrected chi connectivity index (χ4v) is 3.00. The lowest BCUT2D eigenvalue weighted by atomic mass is 10.1. The van der Waals surface area contributed by atoms with Crippen molar-refractivity contribution in [3.8, 4) is 5.75 Å². The average molecular weight is 351 g/mol. The van der Waals surface area contributed by atoms with Gasteiger partial charge in [0.15, 0.2) is 0 Å². The number of unbranched alkanes of at least 4 members (excludes halogenated alkanes) is 2. The lowest BCUT2D eigenvalue weighted by Gasteiger charge is -2.13. The predicted octanol–water partition coefficient (Wildman–Crippen LogP) is 3.76. The molecule has 26 heavy (non-hydrogen) atoms. The van der Waals surface area contributed by atoms with Crippen LogP contribution in [0.5, 0.6) is 5.75 Å². The Morgan fingerprint density at radius 2 is 1.50 bits per heavy atom. The summed E-state index contributed by atoms with van der Waals surface area (Å²) >= 11 is 0. The molecule has 0 unspecified atom stereocenters. The number of fused-ring (bicyclic) bond motifs is 1. The number of carbonyl (C=O) groups is 3. The van der Waals surface area contributed by atoms with Gasteiger partial charge >= 0.3 is 5.97 Å². The van der Waals surface area contributed by atoms with Gasteiger partial charge in [0.1, 0.15) is 5.75 Å². The second kappa shape index (κ2) is 7.95. The summed E-state index contributed by atoms with van der Waals surface area (Å²) in [6, 6.07) is 14.3. The van der Waals surface area contributed by atoms with Gasteiger partial charge in [-0.2, -0.15) is 0 Å². The highest BCUT2D eigenvalue weighted by molar-refractivity contribution is 6.21. The van der Waals surface area contributed by atoms with E-state index in [2.05, 4.69) is 0 Å². The molecule has 0 aliphatic carbocycles. The molecule has 1 heterocycles. The van der Waals surface area contributed by atoms with Crippen LogP contribution >= 0.6 is 0 Å². The van der Waals surface area contributed by atoms with Crippen LogP contribution in [0.2, 0.25) is 0 Å². The van der Waals surface area contributed by atoms with Crippen molar-refractivity contribution in [2.45, 2.75) is 32.6 Å². The predicted molar refractivity (Wildman–Crippen MR) is 97.1 cm³/mol. The number of amides is 2. The second-order valence-corrected chi connectivity index (χ2v) is 6.36. The van der Waals surface area contributed by atoms with E-state index in [1.165, 1.54) is 4.90 Å². The number of aryl methyl sites for hydroxylation is 1. The molecule has 1 aliphatic heterocycles. The van der Waals surface area contributed by atoms with Gasteiger partial charge in [0.05, 0.1) is 11.1 Å². The number of esters is 1. The Balaban J connectivity index is 1.40. The summed E-state index contributed by atoms with van der Waals surface area (Å²) in [5.74, 6) is -0.141. The fraction of sp³-hybridized carbons (Fsp3) is 0.286. The van der Waals surface area contributed by atoms with Gasteiger partial charge in [-0.3, -0.25) is 19.3 Å². The van der Waals surface area contributed by atoms with Gasteiger partial charge in [-0.25, -0.2) is 0 Å². The summed E-state index contributed by atoms with van der Waals surface area (Å²) in [6.45, 7) is 2.27. The molecule has 1 aliphatic rings. The lowest BCUT2D eigenvalue weighted by Crippen LogP contribution is -2.30. The minimum absolute atomic E-state index is 0.232. The van der Waals surface area contributed by atoms with Crippen LogP contribution in [0.25, 0.3) is 0 Å². The van der Waals surface area contributed by atoms with Crippen LogP contribution in [-0.2, 0) is 4.79 Å². The number of hydrogen-bond donors (Lipinski definition) is 0. The molecule has 134 valence electrons. The van der Waals surface area contributed by atoms with Crippen LogP contribution in [0.1, 0.15) is 52.0 Å². The van der Waals surface area contributed by atoms with E-state index < -0.39 is 0 Å². The summed E-state index contributed by atoms with van der Waals surface area (Å²) < 4.78 is 5.34. The molecule has 2 amide bonds. The van der Waals surface area contributed by atoms with E-state index >= 15 is 0 Å². The van der Waals surface area contributed by atoms with E-state index in [4.69, 9.17) is 4.74 Å². The first-order valence-corrected chi connectivity index (χ1v) is 8.79. The third-order valence-corrected chi connectivity index (χ3v) is 4.46. The molecule has 0 saturated carbocycles. The highest BCUT2D eigenvalue weighted by atomic mass is 16.5. The summed E-state index contributed by atoms with van der Waals surface area (Å²) in [7, 11) is 0. The van der Waals surface area contributed by atoms with Crippen LogP contribution in [-0.4, -0.2) is 29.2 Å². The van der Waals surface area contributed by atoms with E-state index in [0.717, 1.165) is 12.0 Å². The number of hydrogen-bond acceptors (Lipinski definition) is 4. The lowest BCUT2D eigenvalue weighted by molar-refractivity contribution is -0.134. The Kier molecular flexibility index (Phi) is 5.46. The van der Waals surface area contributed by atoms with Crippen molar-refractivity contribution in [3.05, 3.63) is 65.2 Å². The van der Waals surface area contributed by atoms with Gasteiger partial charge in [0.2, 0.25) is 0 Å². The largest absolute Gasteiger partial charge is 0.426 e. The molecule has 0 saturated heterocycles. The van der Waals surface area contributed by atoms with Gasteiger partial charge in [0.25, 0.3) is 11.8 Å². The highest BCUT2D eigenvalue weighted by Crippen LogP contribution is 2.23. The van der Waals surface area contributed by atoms with E-state index in [1.54, 1.807) is 30.3 Å². The maximum atomic E-state index is 12.2. The molecule has 2 aromatic rings.